The first-order chi connectivity index (χ1) is 36.8. The standard InChI is InChI=1S/C57H71Cl2N5O12S/c1-6-36-33-55(2,3)62-15-7-9-38-50(62)40(36)31-42-52(38)76-53-39-10-8-16-63-51(39)41(37(34-56(63,4)5)35-77(69,70)71)32-43(53)57(42)49-45(59)12-11-44(58)48(49)54(68)64(57)22-19-60-17-20-61(21-18-60)46(65)13-23-72-25-27-74-29-30-75-28-26-73-24-14-47(66)67/h11-12,31-34H,6-10,13-30,35H2,1-5H3,(H,66,67)(H,69,70,71). The molecule has 7 aliphatic rings. The molecule has 2 amide bonds. The monoisotopic (exact) mass is 1120 g/mol. The Morgan fingerprint density at radius 3 is 1.74 bits per heavy atom. The fourth-order valence-corrected chi connectivity index (χ4v) is 14.2. The summed E-state index contributed by atoms with van der Waals surface area (Å²) >= 11 is 14.8. The third-order valence-electron chi connectivity index (χ3n) is 16.4. The average molecular weight is 1120 g/mol. The number of rotatable bonds is 21. The first kappa shape index (κ1) is 55.6. The van der Waals surface area contributed by atoms with E-state index >= 15 is 4.79 Å². The molecule has 0 bridgehead atoms. The highest BCUT2D eigenvalue weighted by molar-refractivity contribution is 7.86. The number of nitrogens with zero attached hydrogens (tertiary/aromatic N) is 5. The van der Waals surface area contributed by atoms with E-state index < -0.39 is 32.9 Å². The van der Waals surface area contributed by atoms with Crippen LogP contribution in [0.5, 0.6) is 11.5 Å². The normalized spacial score (nSPS) is 20.8. The highest BCUT2D eigenvalue weighted by atomic mass is 35.5. The highest BCUT2D eigenvalue weighted by Gasteiger charge is 2.60. The van der Waals surface area contributed by atoms with Crippen LogP contribution in [0, 0.1) is 0 Å². The van der Waals surface area contributed by atoms with Gasteiger partial charge in [0.05, 0.1) is 98.7 Å². The number of carbonyl (C=O) groups excluding carboxylic acids is 2. The van der Waals surface area contributed by atoms with Crippen molar-refractivity contribution in [2.75, 3.05) is 121 Å². The van der Waals surface area contributed by atoms with Gasteiger partial charge in [-0.15, -0.1) is 0 Å². The molecule has 3 aromatic carbocycles. The van der Waals surface area contributed by atoms with Crippen LogP contribution in [0.25, 0.3) is 11.1 Å². The molecule has 7 aliphatic heterocycles. The van der Waals surface area contributed by atoms with Gasteiger partial charge in [-0.25, -0.2) is 0 Å². The SMILES string of the molecule is CCC1=CC(C)(C)N2CCCc3c4c(cc1c32)C1(c2cc3c5c(c2O4)CCCN5C(C)(C)C=C3CS(=O)(=O)O)c2c(Cl)ccc(Cl)c2C(=O)N1CCN1CCN(C(=O)CCOCCOCCOCCOCCC(=O)O)CC1. The molecule has 77 heavy (non-hydrogen) atoms. The zero-order valence-corrected chi connectivity index (χ0v) is 47.1. The van der Waals surface area contributed by atoms with Crippen molar-refractivity contribution in [2.24, 2.45) is 0 Å². The van der Waals surface area contributed by atoms with E-state index in [-0.39, 0.29) is 55.0 Å². The molecule has 0 saturated carbocycles. The van der Waals surface area contributed by atoms with Crippen molar-refractivity contribution in [3.63, 3.8) is 0 Å². The number of anilines is 2. The number of allylic oxidation sites excluding steroid dienone is 1. The minimum atomic E-state index is -4.49. The van der Waals surface area contributed by atoms with Crippen molar-refractivity contribution in [3.8, 4) is 11.5 Å². The lowest BCUT2D eigenvalue weighted by Crippen LogP contribution is -2.54. The lowest BCUT2D eigenvalue weighted by molar-refractivity contribution is -0.138. The zero-order chi connectivity index (χ0) is 54.6. The number of piperazine rings is 1. The molecule has 1 saturated heterocycles. The van der Waals surface area contributed by atoms with Gasteiger partial charge in [0.15, 0.2) is 0 Å². The summed E-state index contributed by atoms with van der Waals surface area (Å²) in [5.41, 5.74) is 7.51. The van der Waals surface area contributed by atoms with E-state index in [0.29, 0.717) is 123 Å². The maximum Gasteiger partial charge on any atom is 0.305 e. The molecule has 3 aromatic rings. The van der Waals surface area contributed by atoms with Crippen molar-refractivity contribution in [2.45, 2.75) is 96.2 Å². The summed E-state index contributed by atoms with van der Waals surface area (Å²) in [5.74, 6) is -0.439. The summed E-state index contributed by atoms with van der Waals surface area (Å²) in [6.45, 7) is 17.8. The molecule has 1 unspecified atom stereocenters. The summed E-state index contributed by atoms with van der Waals surface area (Å²) in [6.07, 6.45) is 8.36. The van der Waals surface area contributed by atoms with Crippen LogP contribution >= 0.6 is 23.2 Å². The van der Waals surface area contributed by atoms with Gasteiger partial charge in [0.2, 0.25) is 5.91 Å². The van der Waals surface area contributed by atoms with Crippen molar-refractivity contribution in [3.05, 3.63) is 91.0 Å². The van der Waals surface area contributed by atoms with E-state index in [1.54, 1.807) is 12.1 Å². The molecular formula is C57H71Cl2N5O12S. The molecule has 7 heterocycles. The molecule has 1 spiro atoms. The van der Waals surface area contributed by atoms with Crippen LogP contribution in [-0.4, -0.2) is 173 Å². The molecule has 1 fully saturated rings. The first-order valence-electron chi connectivity index (χ1n) is 27.1. The van der Waals surface area contributed by atoms with Gasteiger partial charge in [-0.05, 0) is 95.2 Å². The Kier molecular flexibility index (Phi) is 15.9. The van der Waals surface area contributed by atoms with E-state index in [4.69, 9.17) is 52.0 Å². The summed E-state index contributed by atoms with van der Waals surface area (Å²) in [5, 5.41) is 9.31. The van der Waals surface area contributed by atoms with Gasteiger partial charge in [-0.1, -0.05) is 42.3 Å². The fraction of sp³-hybridized carbons (Fsp3) is 0.561. The second kappa shape index (κ2) is 22.1. The number of carbonyl (C=O) groups is 3. The Morgan fingerprint density at radius 2 is 1.21 bits per heavy atom. The molecule has 20 heteroatoms. The Hall–Kier alpha value is -4.76. The second-order valence-corrected chi connectivity index (χ2v) is 24.4. The number of carboxylic acid groups (broad SMARTS) is 1. The van der Waals surface area contributed by atoms with E-state index in [0.717, 1.165) is 72.4 Å². The van der Waals surface area contributed by atoms with Crippen molar-refractivity contribution in [1.82, 2.24) is 14.7 Å². The third kappa shape index (κ3) is 10.4. The van der Waals surface area contributed by atoms with Gasteiger partial charge in [-0.3, -0.25) is 23.8 Å². The smallest absolute Gasteiger partial charge is 0.305 e. The zero-order valence-electron chi connectivity index (χ0n) is 44.8. The highest BCUT2D eigenvalue weighted by Crippen LogP contribution is 2.65. The van der Waals surface area contributed by atoms with Crippen LogP contribution in [0.15, 0.2) is 36.4 Å². The number of benzene rings is 3. The molecule has 1 atom stereocenters. The van der Waals surface area contributed by atoms with Crippen molar-refractivity contribution < 1.29 is 56.1 Å². The molecule has 0 aromatic heterocycles. The van der Waals surface area contributed by atoms with Gasteiger partial charge in [0.1, 0.15) is 22.8 Å². The van der Waals surface area contributed by atoms with Gasteiger partial charge < -0.3 is 48.4 Å². The predicted octanol–water partition coefficient (Wildman–Crippen LogP) is 8.08. The molecule has 17 nitrogen and oxygen atoms in total. The molecule has 0 aliphatic carbocycles. The number of aliphatic carboxylic acids is 1. The number of hydrogen-bond donors (Lipinski definition) is 2. The number of halogens is 2. The summed E-state index contributed by atoms with van der Waals surface area (Å²) in [4.78, 5) is 50.7. The third-order valence-corrected chi connectivity index (χ3v) is 17.7. The predicted molar refractivity (Wildman–Crippen MR) is 296 cm³/mol. The number of hydrogen-bond acceptors (Lipinski definition) is 13. The minimum Gasteiger partial charge on any atom is -0.481 e. The van der Waals surface area contributed by atoms with Crippen LogP contribution in [0.3, 0.4) is 0 Å². The molecule has 2 N–H and O–H groups in total. The summed E-state index contributed by atoms with van der Waals surface area (Å²) in [6, 6.07) is 7.68. The number of carboxylic acids is 1. The largest absolute Gasteiger partial charge is 0.481 e. The van der Waals surface area contributed by atoms with E-state index in [1.165, 1.54) is 5.57 Å². The van der Waals surface area contributed by atoms with E-state index in [2.05, 4.69) is 61.5 Å². The van der Waals surface area contributed by atoms with Gasteiger partial charge in [0, 0.05) is 96.3 Å². The van der Waals surface area contributed by atoms with Gasteiger partial charge in [-0.2, -0.15) is 8.42 Å². The Bertz CT molecular complexity index is 3030. The minimum absolute atomic E-state index is 0.000204. The molecular weight excluding hydrogens is 1050 g/mol. The van der Waals surface area contributed by atoms with Crippen LogP contribution in [-0.2, 0) is 57.0 Å². The van der Waals surface area contributed by atoms with Crippen LogP contribution in [0.2, 0.25) is 10.0 Å². The number of amides is 2. The molecule has 416 valence electrons. The van der Waals surface area contributed by atoms with Gasteiger partial charge >= 0.3 is 5.97 Å². The topological polar surface area (TPSA) is 188 Å². The lowest BCUT2D eigenvalue weighted by atomic mass is 9.69. The van der Waals surface area contributed by atoms with E-state index in [9.17, 15) is 22.6 Å². The second-order valence-electron chi connectivity index (χ2n) is 22.1. The Morgan fingerprint density at radius 1 is 0.701 bits per heavy atom. The lowest BCUT2D eigenvalue weighted by Gasteiger charge is -2.52. The van der Waals surface area contributed by atoms with Crippen LogP contribution in [0.4, 0.5) is 11.4 Å². The Labute approximate surface area is 461 Å². The fourth-order valence-electron chi connectivity index (χ4n) is 13.1. The maximum atomic E-state index is 15.8. The first-order valence-corrected chi connectivity index (χ1v) is 29.5. The number of fused-ring (bicyclic) bond motifs is 8. The maximum absolute atomic E-state index is 15.8. The van der Waals surface area contributed by atoms with E-state index in [1.807, 2.05) is 21.9 Å². The van der Waals surface area contributed by atoms with Crippen molar-refractivity contribution >= 4 is 73.6 Å². The van der Waals surface area contributed by atoms with Crippen LogP contribution in [0.1, 0.15) is 116 Å². The molecule has 10 rings (SSSR count). The summed E-state index contributed by atoms with van der Waals surface area (Å²) < 4.78 is 65.9. The average Bonchev–Trinajstić information content (AvgIpc) is 3.62. The van der Waals surface area contributed by atoms with Crippen molar-refractivity contribution in [1.29, 1.82) is 0 Å². The quantitative estimate of drug-likeness (QED) is 0.0769. The van der Waals surface area contributed by atoms with Crippen LogP contribution < -0.4 is 14.5 Å². The number of ether oxygens (including phenoxy) is 5. The summed E-state index contributed by atoms with van der Waals surface area (Å²) in [7, 11) is -4.49. The van der Waals surface area contributed by atoms with Gasteiger partial charge in [0.25, 0.3) is 16.0 Å². The Balaban J connectivity index is 0.951. The molecule has 0 radical (unpaired) electrons.